The van der Waals surface area contributed by atoms with Crippen LogP contribution in [0.3, 0.4) is 0 Å². The fourth-order valence-corrected chi connectivity index (χ4v) is 2.84. The van der Waals surface area contributed by atoms with Crippen molar-refractivity contribution >= 4 is 20.9 Å². The van der Waals surface area contributed by atoms with Gasteiger partial charge < -0.3 is 25.5 Å². The minimum atomic E-state index is -4.67. The van der Waals surface area contributed by atoms with E-state index in [1.807, 2.05) is 0 Å². The Morgan fingerprint density at radius 1 is 0.913 bits per heavy atom. The van der Waals surface area contributed by atoms with E-state index in [0.717, 1.165) is 17.7 Å². The van der Waals surface area contributed by atoms with Crippen LogP contribution in [0.25, 0.3) is 0 Å². The van der Waals surface area contributed by atoms with Gasteiger partial charge in [-0.05, 0) is 19.1 Å². The van der Waals surface area contributed by atoms with E-state index in [9.17, 15) is 33.3 Å². The van der Waals surface area contributed by atoms with Crippen LogP contribution in [-0.2, 0) is 19.4 Å². The molecule has 1 rings (SSSR count). The van der Waals surface area contributed by atoms with Crippen molar-refractivity contribution in [1.29, 1.82) is 0 Å². The second-order valence-corrected chi connectivity index (χ2v) is 6.73. The summed E-state index contributed by atoms with van der Waals surface area (Å²) in [5, 5.41) is 44.2. The summed E-state index contributed by atoms with van der Waals surface area (Å²) in [4.78, 5) is 21.9. The maximum atomic E-state index is 12.0. The molecule has 9 nitrogen and oxygen atoms in total. The van der Waals surface area contributed by atoms with E-state index in [4.69, 9.17) is 10.2 Å². The van der Waals surface area contributed by atoms with Gasteiger partial charge in [-0.1, -0.05) is 17.7 Å². The Hall–Kier alpha value is -1.85. The van der Waals surface area contributed by atoms with E-state index in [0.29, 0.717) is 0 Å². The van der Waals surface area contributed by atoms with Crippen LogP contribution >= 0.6 is 0 Å². The van der Waals surface area contributed by atoms with Gasteiger partial charge in [-0.25, -0.2) is 13.2 Å². The molecule has 0 radical (unpaired) electrons. The first kappa shape index (κ1) is 19.2. The fourth-order valence-electron chi connectivity index (χ4n) is 1.65. The van der Waals surface area contributed by atoms with Crippen LogP contribution in [0.2, 0.25) is 0 Å². The van der Waals surface area contributed by atoms with Gasteiger partial charge in [0.2, 0.25) is 9.84 Å². The number of aliphatic hydroxyl groups excluding tert-OH is 4. The number of aliphatic carboxylic acids is 1. The summed E-state index contributed by atoms with van der Waals surface area (Å²) in [6.07, 6.45) is -10.1. The lowest BCUT2D eigenvalue weighted by atomic mass is 10.0. The smallest absolute Gasteiger partial charge is 0.335 e. The van der Waals surface area contributed by atoms with Gasteiger partial charge in [-0.3, -0.25) is 4.79 Å². The van der Waals surface area contributed by atoms with Crippen LogP contribution in [0.1, 0.15) is 5.56 Å². The summed E-state index contributed by atoms with van der Waals surface area (Å²) in [6, 6.07) is 5.05. The molecule has 0 aliphatic carbocycles. The lowest BCUT2D eigenvalue weighted by Crippen LogP contribution is -2.51. The number of aryl methyl sites for hydroxylation is 1. The number of sulfone groups is 1. The van der Waals surface area contributed by atoms with Gasteiger partial charge in [0.25, 0.3) is 5.12 Å². The van der Waals surface area contributed by atoms with Gasteiger partial charge in [0.05, 0.1) is 4.90 Å². The molecule has 10 heteroatoms. The first-order chi connectivity index (χ1) is 10.5. The minimum absolute atomic E-state index is 0.437. The first-order valence-corrected chi connectivity index (χ1v) is 7.79. The van der Waals surface area contributed by atoms with E-state index in [1.54, 1.807) is 6.92 Å². The molecular formula is C13H16O9S. The number of benzene rings is 1. The van der Waals surface area contributed by atoms with Gasteiger partial charge in [-0.15, -0.1) is 0 Å². The Kier molecular flexibility index (Phi) is 5.97. The number of carbonyl (C=O) groups excluding carboxylic acids is 1. The van der Waals surface area contributed by atoms with Crippen molar-refractivity contribution in [2.45, 2.75) is 36.2 Å². The maximum Gasteiger partial charge on any atom is 0.335 e. The molecule has 23 heavy (non-hydrogen) atoms. The molecule has 0 amide bonds. The van der Waals surface area contributed by atoms with Crippen molar-refractivity contribution in [2.75, 3.05) is 0 Å². The van der Waals surface area contributed by atoms with E-state index >= 15 is 0 Å². The van der Waals surface area contributed by atoms with Gasteiger partial charge in [0.1, 0.15) is 12.2 Å². The quantitative estimate of drug-likeness (QED) is 0.383. The third-order valence-corrected chi connectivity index (χ3v) is 4.75. The topological polar surface area (TPSA) is 169 Å². The summed E-state index contributed by atoms with van der Waals surface area (Å²) in [7, 11) is -4.67. The molecule has 0 fully saturated rings. The van der Waals surface area contributed by atoms with Crippen molar-refractivity contribution in [3.63, 3.8) is 0 Å². The Balaban J connectivity index is 3.03. The third kappa shape index (κ3) is 4.12. The molecule has 0 bridgehead atoms. The highest BCUT2D eigenvalue weighted by atomic mass is 32.2. The number of hydrogen-bond acceptors (Lipinski definition) is 8. The molecular weight excluding hydrogens is 332 g/mol. The van der Waals surface area contributed by atoms with Crippen LogP contribution < -0.4 is 0 Å². The van der Waals surface area contributed by atoms with Crippen LogP contribution in [-0.4, -0.2) is 69.5 Å². The monoisotopic (exact) mass is 348 g/mol. The van der Waals surface area contributed by atoms with Crippen LogP contribution in [0.5, 0.6) is 0 Å². The minimum Gasteiger partial charge on any atom is -0.479 e. The predicted octanol–water partition coefficient (Wildman–Crippen LogP) is -2.18. The van der Waals surface area contributed by atoms with Crippen molar-refractivity contribution in [3.8, 4) is 0 Å². The molecule has 1 aromatic rings. The standard InChI is InChI=1S/C13H16O9S/c1-6-2-4-7(5-3-6)23(21,22)13(20)11(17)9(15)8(14)10(16)12(18)19/h2-5,8-11,14-17H,1H3,(H,18,19)/t8-,9-,10-,11+/m0/s1. The van der Waals surface area contributed by atoms with Crippen LogP contribution in [0.15, 0.2) is 29.2 Å². The summed E-state index contributed by atoms with van der Waals surface area (Å²) in [6.45, 7) is 1.68. The summed E-state index contributed by atoms with van der Waals surface area (Å²) < 4.78 is 24.1. The molecule has 0 spiro atoms. The zero-order valence-electron chi connectivity index (χ0n) is 11.9. The molecule has 0 saturated heterocycles. The molecule has 5 N–H and O–H groups in total. The van der Waals surface area contributed by atoms with E-state index < -0.39 is 50.2 Å². The second kappa shape index (κ2) is 7.15. The molecule has 0 aliphatic rings. The number of rotatable bonds is 6. The maximum absolute atomic E-state index is 12.0. The van der Waals surface area contributed by atoms with Crippen molar-refractivity contribution in [3.05, 3.63) is 29.8 Å². The SMILES string of the molecule is Cc1ccc(S(=O)(=O)C(=O)[C@H](O)[C@@H](O)[C@H](O)[C@H](O)C(=O)O)cc1. The normalized spacial score (nSPS) is 17.1. The van der Waals surface area contributed by atoms with Crippen molar-refractivity contribution in [2.24, 2.45) is 0 Å². The molecule has 128 valence electrons. The molecule has 0 aromatic heterocycles. The van der Waals surface area contributed by atoms with E-state index in [1.165, 1.54) is 12.1 Å². The summed E-state index contributed by atoms with van der Waals surface area (Å²) >= 11 is 0. The Bertz CT molecular complexity index is 680. The number of hydrogen-bond donors (Lipinski definition) is 5. The van der Waals surface area contributed by atoms with Crippen LogP contribution in [0.4, 0.5) is 0 Å². The highest BCUT2D eigenvalue weighted by Crippen LogP contribution is 2.17. The van der Waals surface area contributed by atoms with Gasteiger partial charge in [-0.2, -0.15) is 0 Å². The molecule has 4 atom stereocenters. The molecule has 0 heterocycles. The molecule has 0 aliphatic heterocycles. The Morgan fingerprint density at radius 2 is 1.35 bits per heavy atom. The lowest BCUT2D eigenvalue weighted by molar-refractivity contribution is -0.164. The van der Waals surface area contributed by atoms with E-state index in [-0.39, 0.29) is 0 Å². The number of aliphatic hydroxyl groups is 4. The number of carboxylic acid groups (broad SMARTS) is 1. The largest absolute Gasteiger partial charge is 0.479 e. The summed E-state index contributed by atoms with van der Waals surface area (Å²) in [5.74, 6) is -1.92. The van der Waals surface area contributed by atoms with Crippen LogP contribution in [0, 0.1) is 6.92 Å². The second-order valence-electron chi connectivity index (χ2n) is 4.84. The zero-order valence-corrected chi connectivity index (χ0v) is 12.7. The lowest BCUT2D eigenvalue weighted by Gasteiger charge is -2.23. The van der Waals surface area contributed by atoms with Crippen molar-refractivity contribution < 1.29 is 43.5 Å². The number of carbonyl (C=O) groups is 2. The van der Waals surface area contributed by atoms with Crippen molar-refractivity contribution in [1.82, 2.24) is 0 Å². The van der Waals surface area contributed by atoms with Gasteiger partial charge in [0, 0.05) is 0 Å². The van der Waals surface area contributed by atoms with Gasteiger partial charge >= 0.3 is 5.97 Å². The highest BCUT2D eigenvalue weighted by Gasteiger charge is 2.42. The average molecular weight is 348 g/mol. The zero-order chi connectivity index (χ0) is 17.9. The third-order valence-electron chi connectivity index (χ3n) is 3.09. The fraction of sp³-hybridized carbons (Fsp3) is 0.385. The highest BCUT2D eigenvalue weighted by molar-refractivity contribution is 8.06. The first-order valence-electron chi connectivity index (χ1n) is 6.30. The average Bonchev–Trinajstić information content (AvgIpc) is 2.51. The molecule has 0 unspecified atom stereocenters. The number of carboxylic acids is 1. The summed E-state index contributed by atoms with van der Waals surface area (Å²) in [5.41, 5.74) is 0.719. The van der Waals surface area contributed by atoms with E-state index in [2.05, 4.69) is 0 Å². The molecule has 1 aromatic carbocycles. The Morgan fingerprint density at radius 3 is 1.78 bits per heavy atom. The predicted molar refractivity (Wildman–Crippen MR) is 75.0 cm³/mol. The Labute approximate surface area is 131 Å². The van der Waals surface area contributed by atoms with Gasteiger partial charge in [0.15, 0.2) is 12.2 Å². The molecule has 0 saturated carbocycles.